The molecule has 2 aliphatic rings. The van der Waals surface area contributed by atoms with Gasteiger partial charge in [0.1, 0.15) is 11.5 Å². The Hall–Kier alpha value is -2.64. The highest BCUT2D eigenvalue weighted by atomic mass is 79.9. The fourth-order valence-corrected chi connectivity index (χ4v) is 6.24. The first-order chi connectivity index (χ1) is 16.9. The van der Waals surface area contributed by atoms with E-state index in [-0.39, 0.29) is 23.5 Å². The van der Waals surface area contributed by atoms with E-state index in [1.54, 1.807) is 18.2 Å². The third kappa shape index (κ3) is 4.89. The van der Waals surface area contributed by atoms with Crippen molar-refractivity contribution in [2.45, 2.75) is 52.0 Å². The average molecular weight is 553 g/mol. The normalized spacial score (nSPS) is 19.3. The number of nitrogens with zero attached hydrogens (tertiary/aromatic N) is 3. The van der Waals surface area contributed by atoms with Gasteiger partial charge >= 0.3 is 0 Å². The van der Waals surface area contributed by atoms with Crippen molar-refractivity contribution in [3.05, 3.63) is 86.7 Å². The summed E-state index contributed by atoms with van der Waals surface area (Å²) in [5, 5.41) is 0.569. The molecule has 0 N–H and O–H groups in total. The van der Waals surface area contributed by atoms with Gasteiger partial charge in [-0.05, 0) is 92.6 Å². The van der Waals surface area contributed by atoms with Crippen LogP contribution in [0.1, 0.15) is 49.1 Å². The molecule has 1 saturated carbocycles. The molecule has 1 aromatic heterocycles. The van der Waals surface area contributed by atoms with Crippen LogP contribution >= 0.6 is 27.7 Å². The number of aromatic nitrogens is 1. The van der Waals surface area contributed by atoms with Crippen LogP contribution in [0, 0.1) is 19.7 Å². The number of aliphatic imine (C=N–C) groups is 1. The van der Waals surface area contributed by atoms with Crippen LogP contribution in [0.2, 0.25) is 0 Å². The Morgan fingerprint density at radius 2 is 1.77 bits per heavy atom. The van der Waals surface area contributed by atoms with E-state index in [0.717, 1.165) is 52.8 Å². The molecule has 0 unspecified atom stereocenters. The van der Waals surface area contributed by atoms with Crippen LogP contribution in [0.5, 0.6) is 0 Å². The zero-order valence-electron chi connectivity index (χ0n) is 19.8. The van der Waals surface area contributed by atoms with Crippen molar-refractivity contribution in [1.82, 2.24) is 9.47 Å². The predicted molar refractivity (Wildman–Crippen MR) is 146 cm³/mol. The molecule has 7 heteroatoms. The van der Waals surface area contributed by atoms with Gasteiger partial charge in [-0.1, -0.05) is 47.3 Å². The summed E-state index contributed by atoms with van der Waals surface area (Å²) in [6, 6.07) is 16.9. The summed E-state index contributed by atoms with van der Waals surface area (Å²) in [6.07, 6.45) is 7.25. The molecule has 5 rings (SSSR count). The predicted octanol–water partition coefficient (Wildman–Crippen LogP) is 7.93. The number of carbonyl (C=O) groups is 1. The first kappa shape index (κ1) is 24.1. The van der Waals surface area contributed by atoms with Crippen molar-refractivity contribution in [2.75, 3.05) is 0 Å². The lowest BCUT2D eigenvalue weighted by atomic mass is 9.94. The number of halogens is 2. The third-order valence-electron chi connectivity index (χ3n) is 6.69. The molecule has 4 nitrogen and oxygen atoms in total. The van der Waals surface area contributed by atoms with Gasteiger partial charge in [-0.15, -0.1) is 0 Å². The van der Waals surface area contributed by atoms with E-state index in [1.807, 2.05) is 23.1 Å². The van der Waals surface area contributed by atoms with Crippen molar-refractivity contribution in [1.29, 1.82) is 0 Å². The SMILES string of the molecule is Cc1cc(/C=C2\SC(=Nc3ccccc3F)N(C3CCCCC3)C2=O)c(C)n1-c1ccc(Br)cc1. The Morgan fingerprint density at radius 3 is 2.49 bits per heavy atom. The first-order valence-electron chi connectivity index (χ1n) is 11.9. The molecule has 3 aromatic rings. The number of amides is 1. The molecule has 0 radical (unpaired) electrons. The van der Waals surface area contributed by atoms with Crippen LogP contribution in [-0.4, -0.2) is 26.6 Å². The van der Waals surface area contributed by atoms with Gasteiger partial charge in [0, 0.05) is 27.6 Å². The molecule has 2 heterocycles. The van der Waals surface area contributed by atoms with Gasteiger partial charge in [0.15, 0.2) is 5.17 Å². The summed E-state index contributed by atoms with van der Waals surface area (Å²) >= 11 is 4.84. The fraction of sp³-hybridized carbons (Fsp3) is 0.286. The quantitative estimate of drug-likeness (QED) is 0.308. The largest absolute Gasteiger partial charge is 0.318 e. The van der Waals surface area contributed by atoms with E-state index in [0.29, 0.717) is 10.1 Å². The third-order valence-corrected chi connectivity index (χ3v) is 8.20. The van der Waals surface area contributed by atoms with Gasteiger partial charge in [-0.2, -0.15) is 0 Å². The summed E-state index contributed by atoms with van der Waals surface area (Å²) in [6.45, 7) is 4.14. The van der Waals surface area contributed by atoms with Crippen molar-refractivity contribution >= 4 is 50.5 Å². The van der Waals surface area contributed by atoms with Crippen LogP contribution in [0.25, 0.3) is 11.8 Å². The van der Waals surface area contributed by atoms with Crippen LogP contribution in [0.3, 0.4) is 0 Å². The second-order valence-electron chi connectivity index (χ2n) is 9.06. The summed E-state index contributed by atoms with van der Waals surface area (Å²) in [5.41, 5.74) is 4.49. The molecule has 0 atom stereocenters. The number of hydrogen-bond acceptors (Lipinski definition) is 3. The average Bonchev–Trinajstić information content (AvgIpc) is 3.31. The molecule has 2 aromatic carbocycles. The van der Waals surface area contributed by atoms with E-state index >= 15 is 0 Å². The van der Waals surface area contributed by atoms with E-state index in [4.69, 9.17) is 0 Å². The Kier molecular flexibility index (Phi) is 6.98. The number of hydrogen-bond donors (Lipinski definition) is 0. The first-order valence-corrected chi connectivity index (χ1v) is 13.5. The van der Waals surface area contributed by atoms with E-state index in [2.05, 4.69) is 57.5 Å². The lowest BCUT2D eigenvalue weighted by molar-refractivity contribution is -0.124. The molecule has 1 aliphatic carbocycles. The standard InChI is InChI=1S/C28H27BrFN3OS/c1-18-16-20(19(2)32(18)23-14-12-21(29)13-15-23)17-26-27(34)33(22-8-4-3-5-9-22)28(35-26)31-25-11-7-6-10-24(25)30/h6-7,10-17,22H,3-5,8-9H2,1-2H3/b26-17-,31-28?. The maximum atomic E-state index is 14.4. The molecule has 180 valence electrons. The lowest BCUT2D eigenvalue weighted by Crippen LogP contribution is -2.40. The summed E-state index contributed by atoms with van der Waals surface area (Å²) in [5.74, 6) is -0.419. The topological polar surface area (TPSA) is 37.6 Å². The fourth-order valence-electron chi connectivity index (χ4n) is 4.93. The molecular formula is C28H27BrFN3OS. The number of aryl methyl sites for hydroxylation is 1. The van der Waals surface area contributed by atoms with E-state index in [9.17, 15) is 9.18 Å². The van der Waals surface area contributed by atoms with Crippen molar-refractivity contribution < 1.29 is 9.18 Å². The number of carbonyl (C=O) groups excluding carboxylic acids is 1. The van der Waals surface area contributed by atoms with Gasteiger partial charge in [0.05, 0.1) is 4.91 Å². The number of rotatable bonds is 4. The van der Waals surface area contributed by atoms with Crippen molar-refractivity contribution in [2.24, 2.45) is 4.99 Å². The number of para-hydroxylation sites is 1. The van der Waals surface area contributed by atoms with E-state index in [1.165, 1.54) is 24.2 Å². The molecule has 1 amide bonds. The monoisotopic (exact) mass is 551 g/mol. The second-order valence-corrected chi connectivity index (χ2v) is 11.0. The number of amidine groups is 1. The minimum absolute atomic E-state index is 0.0366. The lowest BCUT2D eigenvalue weighted by Gasteiger charge is -2.30. The van der Waals surface area contributed by atoms with E-state index < -0.39 is 0 Å². The summed E-state index contributed by atoms with van der Waals surface area (Å²) < 4.78 is 17.6. The van der Waals surface area contributed by atoms with Crippen LogP contribution in [0.4, 0.5) is 10.1 Å². The highest BCUT2D eigenvalue weighted by molar-refractivity contribution is 9.10. The van der Waals surface area contributed by atoms with Crippen LogP contribution < -0.4 is 0 Å². The summed E-state index contributed by atoms with van der Waals surface area (Å²) in [7, 11) is 0. The highest BCUT2D eigenvalue weighted by Crippen LogP contribution is 2.39. The smallest absolute Gasteiger partial charge is 0.267 e. The maximum Gasteiger partial charge on any atom is 0.267 e. The van der Waals surface area contributed by atoms with Crippen molar-refractivity contribution in [3.8, 4) is 5.69 Å². The molecule has 1 aliphatic heterocycles. The Morgan fingerprint density at radius 1 is 1.06 bits per heavy atom. The molecule has 1 saturated heterocycles. The maximum absolute atomic E-state index is 14.4. The Bertz CT molecular complexity index is 1320. The minimum Gasteiger partial charge on any atom is -0.318 e. The van der Waals surface area contributed by atoms with Crippen molar-refractivity contribution in [3.63, 3.8) is 0 Å². The molecular weight excluding hydrogens is 525 g/mol. The molecule has 0 bridgehead atoms. The van der Waals surface area contributed by atoms with Gasteiger partial charge in [-0.25, -0.2) is 9.38 Å². The highest BCUT2D eigenvalue weighted by Gasteiger charge is 2.39. The zero-order chi connectivity index (χ0) is 24.5. The number of benzene rings is 2. The van der Waals surface area contributed by atoms with Gasteiger partial charge in [0.25, 0.3) is 5.91 Å². The van der Waals surface area contributed by atoms with Gasteiger partial charge in [0.2, 0.25) is 0 Å². The number of thioether (sulfide) groups is 1. The van der Waals surface area contributed by atoms with Crippen LogP contribution in [-0.2, 0) is 4.79 Å². The van der Waals surface area contributed by atoms with Crippen LogP contribution in [0.15, 0.2) is 69.0 Å². The molecule has 2 fully saturated rings. The Balaban J connectivity index is 1.53. The second kappa shape index (κ2) is 10.2. The van der Waals surface area contributed by atoms with Gasteiger partial charge in [-0.3, -0.25) is 9.69 Å². The molecule has 35 heavy (non-hydrogen) atoms. The Labute approximate surface area is 218 Å². The minimum atomic E-state index is -0.382. The molecule has 0 spiro atoms. The zero-order valence-corrected chi connectivity index (χ0v) is 22.2. The van der Waals surface area contributed by atoms with Gasteiger partial charge < -0.3 is 4.57 Å². The summed E-state index contributed by atoms with van der Waals surface area (Å²) in [4.78, 5) is 20.7.